The van der Waals surface area contributed by atoms with E-state index in [1.54, 1.807) is 13.2 Å². The molecule has 2 N–H and O–H groups in total. The second-order valence-corrected chi connectivity index (χ2v) is 6.27. The molecule has 0 radical (unpaired) electrons. The number of hydrogen-bond acceptors (Lipinski definition) is 6. The maximum absolute atomic E-state index is 12.7. The minimum Gasteiger partial charge on any atom is -0.496 e. The Morgan fingerprint density at radius 3 is 2.75 bits per heavy atom. The van der Waals surface area contributed by atoms with Gasteiger partial charge in [0, 0.05) is 24.7 Å². The smallest absolute Gasteiger partial charge is 0.277 e. The van der Waals surface area contributed by atoms with Gasteiger partial charge < -0.3 is 15.0 Å². The number of aromatic amines is 1. The van der Waals surface area contributed by atoms with Gasteiger partial charge in [-0.15, -0.1) is 0 Å². The number of carbonyl (C=O) groups excluding carboxylic acids is 1. The van der Waals surface area contributed by atoms with E-state index in [1.807, 2.05) is 43.0 Å². The topological polar surface area (TPSA) is 96.0 Å². The minimum absolute atomic E-state index is 0.0976. The fourth-order valence-corrected chi connectivity index (χ4v) is 2.92. The van der Waals surface area contributed by atoms with Crippen molar-refractivity contribution in [3.8, 4) is 17.0 Å². The van der Waals surface area contributed by atoms with E-state index in [2.05, 4.69) is 25.5 Å². The summed E-state index contributed by atoms with van der Waals surface area (Å²) in [7, 11) is 1.60. The molecule has 2 aromatic heterocycles. The highest BCUT2D eigenvalue weighted by molar-refractivity contribution is 6.34. The molecule has 0 spiro atoms. The summed E-state index contributed by atoms with van der Waals surface area (Å²) < 4.78 is 5.36. The third-order valence-electron chi connectivity index (χ3n) is 4.21. The molecule has 0 unspecified atom stereocenters. The van der Waals surface area contributed by atoms with Crippen molar-refractivity contribution in [2.75, 3.05) is 30.4 Å². The Morgan fingerprint density at radius 1 is 1.29 bits per heavy atom. The molecular formula is C19H21ClN6O2. The van der Waals surface area contributed by atoms with Crippen molar-refractivity contribution in [1.82, 2.24) is 20.2 Å². The number of methoxy groups -OCH3 is 1. The predicted molar refractivity (Wildman–Crippen MR) is 109 cm³/mol. The number of nitrogens with one attached hydrogen (secondary N) is 2. The minimum atomic E-state index is -0.459. The van der Waals surface area contributed by atoms with Gasteiger partial charge in [-0.1, -0.05) is 23.7 Å². The molecule has 0 bridgehead atoms. The molecule has 3 aromatic rings. The number of benzene rings is 1. The van der Waals surface area contributed by atoms with Gasteiger partial charge >= 0.3 is 0 Å². The van der Waals surface area contributed by atoms with Crippen LogP contribution in [0.2, 0.25) is 5.02 Å². The average molecular weight is 401 g/mol. The highest BCUT2D eigenvalue weighted by Gasteiger charge is 2.18. The van der Waals surface area contributed by atoms with Crippen LogP contribution in [0, 0.1) is 0 Å². The number of carbonyl (C=O) groups is 1. The number of halogens is 1. The van der Waals surface area contributed by atoms with Gasteiger partial charge in [0.1, 0.15) is 5.75 Å². The number of para-hydroxylation sites is 1. The Bertz CT molecular complexity index is 971. The summed E-state index contributed by atoms with van der Waals surface area (Å²) >= 11 is 6.14. The van der Waals surface area contributed by atoms with Gasteiger partial charge in [0.25, 0.3) is 5.91 Å². The number of nitrogens with zero attached hydrogens (tertiary/aromatic N) is 4. The van der Waals surface area contributed by atoms with Gasteiger partial charge in [0.15, 0.2) is 11.5 Å². The van der Waals surface area contributed by atoms with Gasteiger partial charge in [-0.05, 0) is 26.0 Å². The second kappa shape index (κ2) is 8.71. The third kappa shape index (κ3) is 4.07. The molecule has 28 heavy (non-hydrogen) atoms. The lowest BCUT2D eigenvalue weighted by Gasteiger charge is -2.18. The first-order chi connectivity index (χ1) is 13.6. The Kier molecular flexibility index (Phi) is 6.10. The molecule has 1 aromatic carbocycles. The van der Waals surface area contributed by atoms with E-state index in [0.717, 1.165) is 18.7 Å². The van der Waals surface area contributed by atoms with Gasteiger partial charge in [-0.2, -0.15) is 5.10 Å². The molecular weight excluding hydrogens is 380 g/mol. The molecule has 0 aliphatic carbocycles. The third-order valence-corrected chi connectivity index (χ3v) is 4.49. The van der Waals surface area contributed by atoms with Crippen molar-refractivity contribution in [2.45, 2.75) is 13.8 Å². The monoisotopic (exact) mass is 400 g/mol. The molecule has 0 saturated carbocycles. The van der Waals surface area contributed by atoms with Crippen LogP contribution >= 0.6 is 11.6 Å². The summed E-state index contributed by atoms with van der Waals surface area (Å²) in [6, 6.07) is 9.24. The summed E-state index contributed by atoms with van der Waals surface area (Å²) in [6.07, 6.45) is 1.43. The van der Waals surface area contributed by atoms with Crippen molar-refractivity contribution in [2.24, 2.45) is 0 Å². The van der Waals surface area contributed by atoms with Crippen LogP contribution in [0.4, 0.5) is 11.8 Å². The first-order valence-corrected chi connectivity index (χ1v) is 9.22. The molecule has 3 rings (SSSR count). The second-order valence-electron chi connectivity index (χ2n) is 5.86. The van der Waals surface area contributed by atoms with Crippen LogP contribution in [0.5, 0.6) is 5.75 Å². The van der Waals surface area contributed by atoms with Gasteiger partial charge in [0.05, 0.1) is 24.0 Å². The van der Waals surface area contributed by atoms with Crippen molar-refractivity contribution < 1.29 is 9.53 Å². The zero-order valence-electron chi connectivity index (χ0n) is 15.9. The maximum Gasteiger partial charge on any atom is 0.277 e. The lowest BCUT2D eigenvalue weighted by molar-refractivity contribution is 0.102. The first kappa shape index (κ1) is 19.6. The number of H-pyrrole nitrogens is 1. The average Bonchev–Trinajstić information content (AvgIpc) is 3.18. The largest absolute Gasteiger partial charge is 0.496 e. The molecule has 0 aliphatic rings. The summed E-state index contributed by atoms with van der Waals surface area (Å²) in [5.74, 6) is 1.05. The zero-order valence-corrected chi connectivity index (χ0v) is 16.6. The van der Waals surface area contributed by atoms with Gasteiger partial charge in [-0.3, -0.25) is 9.89 Å². The fraction of sp³-hybridized carbons (Fsp3) is 0.263. The molecule has 8 nitrogen and oxygen atoms in total. The standard InChI is InChI=1S/C19H21ClN6O2/c1-4-26(5-2)19-21-11-13(20)17(23-19)18(27)22-16-10-14(24-25-16)12-8-6-7-9-15(12)28-3/h6-11H,4-5H2,1-3H3,(H2,22,24,25,27). The van der Waals surface area contributed by atoms with E-state index in [0.29, 0.717) is 23.2 Å². The molecule has 0 saturated heterocycles. The normalized spacial score (nSPS) is 10.6. The van der Waals surface area contributed by atoms with E-state index in [9.17, 15) is 4.79 Å². The molecule has 0 aliphatic heterocycles. The Hall–Kier alpha value is -3.13. The van der Waals surface area contributed by atoms with Crippen molar-refractivity contribution in [1.29, 1.82) is 0 Å². The summed E-state index contributed by atoms with van der Waals surface area (Å²) in [4.78, 5) is 23.1. The first-order valence-electron chi connectivity index (χ1n) is 8.85. The quantitative estimate of drug-likeness (QED) is 0.628. The lowest BCUT2D eigenvalue weighted by Crippen LogP contribution is -2.25. The molecule has 9 heteroatoms. The van der Waals surface area contributed by atoms with Gasteiger partial charge in [0.2, 0.25) is 5.95 Å². The van der Waals surface area contributed by atoms with E-state index < -0.39 is 5.91 Å². The zero-order chi connectivity index (χ0) is 20.1. The lowest BCUT2D eigenvalue weighted by atomic mass is 10.1. The Balaban J connectivity index is 1.83. The van der Waals surface area contributed by atoms with E-state index in [1.165, 1.54) is 6.20 Å². The number of amides is 1. The van der Waals surface area contributed by atoms with Crippen LogP contribution in [-0.4, -0.2) is 46.3 Å². The molecule has 146 valence electrons. The van der Waals surface area contributed by atoms with Crippen molar-refractivity contribution in [3.05, 3.63) is 47.2 Å². The van der Waals surface area contributed by atoms with E-state index in [4.69, 9.17) is 16.3 Å². The highest BCUT2D eigenvalue weighted by atomic mass is 35.5. The van der Waals surface area contributed by atoms with Crippen LogP contribution < -0.4 is 15.0 Å². The fourth-order valence-electron chi connectivity index (χ4n) is 2.74. The molecule has 0 atom stereocenters. The van der Waals surface area contributed by atoms with Crippen LogP contribution in [0.15, 0.2) is 36.5 Å². The Labute approximate surface area is 167 Å². The number of aromatic nitrogens is 4. The molecule has 2 heterocycles. The van der Waals surface area contributed by atoms with Crippen molar-refractivity contribution in [3.63, 3.8) is 0 Å². The Morgan fingerprint density at radius 2 is 2.04 bits per heavy atom. The van der Waals surface area contributed by atoms with Crippen LogP contribution in [-0.2, 0) is 0 Å². The van der Waals surface area contributed by atoms with Crippen LogP contribution in [0.25, 0.3) is 11.3 Å². The molecule has 1 amide bonds. The SMILES string of the molecule is CCN(CC)c1ncc(Cl)c(C(=O)Nc2cc(-c3ccccc3OC)[nH]n2)n1. The molecule has 0 fully saturated rings. The van der Waals surface area contributed by atoms with Crippen molar-refractivity contribution >= 4 is 29.3 Å². The highest BCUT2D eigenvalue weighted by Crippen LogP contribution is 2.29. The number of ether oxygens (including phenoxy) is 1. The summed E-state index contributed by atoms with van der Waals surface area (Å²) in [5, 5.41) is 9.93. The summed E-state index contributed by atoms with van der Waals surface area (Å²) in [6.45, 7) is 5.43. The van der Waals surface area contributed by atoms with Crippen LogP contribution in [0.3, 0.4) is 0 Å². The number of hydrogen-bond donors (Lipinski definition) is 2. The maximum atomic E-state index is 12.7. The summed E-state index contributed by atoms with van der Waals surface area (Å²) in [5.41, 5.74) is 1.65. The van der Waals surface area contributed by atoms with E-state index in [-0.39, 0.29) is 10.7 Å². The van der Waals surface area contributed by atoms with Crippen LogP contribution in [0.1, 0.15) is 24.3 Å². The van der Waals surface area contributed by atoms with Gasteiger partial charge in [-0.25, -0.2) is 9.97 Å². The van der Waals surface area contributed by atoms with E-state index >= 15 is 0 Å². The number of rotatable bonds is 7. The number of anilines is 2. The predicted octanol–water partition coefficient (Wildman–Crippen LogP) is 3.63.